The van der Waals surface area contributed by atoms with Crippen molar-refractivity contribution in [2.24, 2.45) is 5.41 Å². The highest BCUT2D eigenvalue weighted by Crippen LogP contribution is 2.43. The average molecular weight is 506 g/mol. The van der Waals surface area contributed by atoms with Gasteiger partial charge >= 0.3 is 6.18 Å². The van der Waals surface area contributed by atoms with Gasteiger partial charge in [-0.1, -0.05) is 6.07 Å². The van der Waals surface area contributed by atoms with Crippen LogP contribution < -0.4 is 15.0 Å². The smallest absolute Gasteiger partial charge is 0.393 e. The predicted molar refractivity (Wildman–Crippen MR) is 129 cm³/mol. The monoisotopic (exact) mass is 505 g/mol. The van der Waals surface area contributed by atoms with Gasteiger partial charge in [0.15, 0.2) is 5.75 Å². The minimum atomic E-state index is -4.24. The molecule has 1 unspecified atom stereocenters. The molecule has 2 aromatic heterocycles. The molecule has 0 saturated carbocycles. The second-order valence-electron chi connectivity index (χ2n) is 9.35. The molecule has 3 aromatic rings. The number of carbonyl (C=O) groups is 1. The number of aromatic nitrogens is 2. The molecule has 35 heavy (non-hydrogen) atoms. The van der Waals surface area contributed by atoms with Crippen molar-refractivity contribution < 1.29 is 22.7 Å². The van der Waals surface area contributed by atoms with Gasteiger partial charge in [-0.3, -0.25) is 9.69 Å². The molecule has 1 N–H and O–H groups in total. The van der Waals surface area contributed by atoms with Crippen molar-refractivity contribution in [1.82, 2.24) is 14.9 Å². The van der Waals surface area contributed by atoms with E-state index in [1.807, 2.05) is 18.2 Å². The molecule has 0 aliphatic carbocycles. The molecule has 2 aliphatic heterocycles. The zero-order valence-electron chi connectivity index (χ0n) is 19.3. The van der Waals surface area contributed by atoms with Crippen molar-refractivity contribution in [3.05, 3.63) is 41.0 Å². The topological polar surface area (TPSA) is 70.6 Å². The van der Waals surface area contributed by atoms with E-state index in [-0.39, 0.29) is 10.3 Å². The van der Waals surface area contributed by atoms with Crippen LogP contribution in [0, 0.1) is 5.41 Å². The Morgan fingerprint density at radius 1 is 1.20 bits per heavy atom. The summed E-state index contributed by atoms with van der Waals surface area (Å²) in [6.07, 6.45) is -1.68. The van der Waals surface area contributed by atoms with E-state index in [1.54, 1.807) is 13.1 Å². The Kier molecular flexibility index (Phi) is 6.30. The van der Waals surface area contributed by atoms with Crippen LogP contribution in [0.5, 0.6) is 5.75 Å². The van der Waals surface area contributed by atoms with Gasteiger partial charge in [0.2, 0.25) is 0 Å². The van der Waals surface area contributed by atoms with Crippen LogP contribution in [0.1, 0.15) is 23.3 Å². The van der Waals surface area contributed by atoms with E-state index in [2.05, 4.69) is 25.1 Å². The molecule has 5 rings (SSSR count). The minimum absolute atomic E-state index is 0.120. The lowest BCUT2D eigenvalue weighted by Gasteiger charge is -2.25. The van der Waals surface area contributed by atoms with Gasteiger partial charge < -0.3 is 15.0 Å². The van der Waals surface area contributed by atoms with Crippen LogP contribution in [-0.2, 0) is 17.8 Å². The molecule has 0 bridgehead atoms. The third kappa shape index (κ3) is 5.06. The Balaban J connectivity index is 1.28. The van der Waals surface area contributed by atoms with Gasteiger partial charge in [-0.2, -0.15) is 13.2 Å². The first-order valence-corrected chi connectivity index (χ1v) is 12.3. The summed E-state index contributed by atoms with van der Waals surface area (Å²) in [6, 6.07) is 7.43. The van der Waals surface area contributed by atoms with Gasteiger partial charge in [0.05, 0.1) is 17.5 Å². The molecular weight excluding hydrogens is 479 g/mol. The molecule has 1 atom stereocenters. The molecule has 7 nitrogen and oxygen atoms in total. The Labute approximate surface area is 204 Å². The standard InChI is InChI=1S/C24H26F3N5O2S/c1-28-19-3-2-16(8-20(19)34-15-33)11-31-6-4-23(12-31)5-7-32(13-23)21-18-9-17(10-24(25,26)27)35-22(18)30-14-29-21/h2-3,8-9,14-15,28H,4-7,10-13H2,1H3. The second kappa shape index (κ2) is 9.27. The molecule has 0 amide bonds. The zero-order valence-corrected chi connectivity index (χ0v) is 20.1. The Bertz CT molecular complexity index is 1230. The van der Waals surface area contributed by atoms with Gasteiger partial charge in [0.1, 0.15) is 17.0 Å². The lowest BCUT2D eigenvalue weighted by Crippen LogP contribution is -2.31. The van der Waals surface area contributed by atoms with Crippen molar-refractivity contribution in [2.45, 2.75) is 32.0 Å². The number of rotatable bonds is 7. The van der Waals surface area contributed by atoms with E-state index in [0.717, 1.165) is 74.0 Å². The zero-order chi connectivity index (χ0) is 24.6. The number of ether oxygens (including phenoxy) is 1. The molecular formula is C24H26F3N5O2S. The first kappa shape index (κ1) is 23.8. The van der Waals surface area contributed by atoms with Gasteiger partial charge in [0.25, 0.3) is 6.47 Å². The third-order valence-electron chi connectivity index (χ3n) is 6.89. The number of anilines is 2. The minimum Gasteiger partial charge on any atom is -0.427 e. The largest absolute Gasteiger partial charge is 0.427 e. The van der Waals surface area contributed by atoms with Crippen molar-refractivity contribution in [3.8, 4) is 5.75 Å². The number of nitrogens with one attached hydrogen (secondary N) is 1. The van der Waals surface area contributed by atoms with Crippen molar-refractivity contribution in [3.63, 3.8) is 0 Å². The molecule has 1 spiro atoms. The second-order valence-corrected chi connectivity index (χ2v) is 10.5. The summed E-state index contributed by atoms with van der Waals surface area (Å²) < 4.78 is 43.8. The van der Waals surface area contributed by atoms with Crippen LogP contribution in [0.4, 0.5) is 24.7 Å². The van der Waals surface area contributed by atoms with E-state index in [1.165, 1.54) is 6.33 Å². The van der Waals surface area contributed by atoms with Crippen LogP contribution in [0.2, 0.25) is 0 Å². The average Bonchev–Trinajstić information content (AvgIpc) is 3.51. The number of alkyl halides is 3. The lowest BCUT2D eigenvalue weighted by molar-refractivity contribution is -0.126. The third-order valence-corrected chi connectivity index (χ3v) is 7.93. The fourth-order valence-corrected chi connectivity index (χ4v) is 6.34. The van der Waals surface area contributed by atoms with Crippen LogP contribution in [0.25, 0.3) is 10.2 Å². The number of hydrogen-bond donors (Lipinski definition) is 1. The van der Waals surface area contributed by atoms with E-state index in [9.17, 15) is 18.0 Å². The number of nitrogens with zero attached hydrogens (tertiary/aromatic N) is 4. The van der Waals surface area contributed by atoms with Crippen LogP contribution in [0.3, 0.4) is 0 Å². The number of carbonyl (C=O) groups excluding carboxylic acids is 1. The highest BCUT2D eigenvalue weighted by atomic mass is 32.1. The lowest BCUT2D eigenvalue weighted by atomic mass is 9.86. The van der Waals surface area contributed by atoms with E-state index in [0.29, 0.717) is 22.4 Å². The van der Waals surface area contributed by atoms with Gasteiger partial charge in [-0.25, -0.2) is 9.97 Å². The number of likely N-dealkylation sites (tertiary alicyclic amines) is 1. The van der Waals surface area contributed by atoms with E-state index < -0.39 is 12.6 Å². The van der Waals surface area contributed by atoms with Crippen molar-refractivity contribution in [1.29, 1.82) is 0 Å². The number of halogens is 3. The summed E-state index contributed by atoms with van der Waals surface area (Å²) in [6.45, 7) is 4.71. The first-order chi connectivity index (χ1) is 16.8. The Morgan fingerprint density at radius 2 is 2.03 bits per heavy atom. The van der Waals surface area contributed by atoms with Gasteiger partial charge in [0, 0.05) is 43.5 Å². The summed E-state index contributed by atoms with van der Waals surface area (Å²) in [5, 5.41) is 3.72. The maximum Gasteiger partial charge on any atom is 0.393 e. The van der Waals surface area contributed by atoms with E-state index in [4.69, 9.17) is 4.74 Å². The summed E-state index contributed by atoms with van der Waals surface area (Å²) in [4.78, 5) is 25.0. The molecule has 11 heteroatoms. The molecule has 1 aromatic carbocycles. The highest BCUT2D eigenvalue weighted by Gasteiger charge is 2.44. The Morgan fingerprint density at radius 3 is 2.80 bits per heavy atom. The number of benzene rings is 1. The van der Waals surface area contributed by atoms with Gasteiger partial charge in [-0.05, 0) is 43.1 Å². The molecule has 0 radical (unpaired) electrons. The van der Waals surface area contributed by atoms with Crippen LogP contribution >= 0.6 is 11.3 Å². The molecule has 2 fully saturated rings. The predicted octanol–water partition coefficient (Wildman–Crippen LogP) is 4.48. The maximum atomic E-state index is 12.9. The van der Waals surface area contributed by atoms with Crippen LogP contribution in [-0.4, -0.2) is 60.7 Å². The fourth-order valence-electron chi connectivity index (χ4n) is 5.32. The number of fused-ring (bicyclic) bond motifs is 1. The first-order valence-electron chi connectivity index (χ1n) is 11.5. The summed E-state index contributed by atoms with van der Waals surface area (Å²) in [7, 11) is 1.78. The SMILES string of the molecule is CNc1ccc(CN2CCC3(CCN(c4ncnc5sc(CC(F)(F)F)cc45)C3)C2)cc1OC=O. The molecule has 186 valence electrons. The number of thiophene rings is 1. The van der Waals surface area contributed by atoms with Crippen molar-refractivity contribution in [2.75, 3.05) is 43.4 Å². The normalized spacial score (nSPS) is 20.7. The Hall–Kier alpha value is -2.92. The quantitative estimate of drug-likeness (QED) is 0.475. The fraction of sp³-hybridized carbons (Fsp3) is 0.458. The number of hydrogen-bond acceptors (Lipinski definition) is 8. The summed E-state index contributed by atoms with van der Waals surface area (Å²) >= 11 is 1.09. The summed E-state index contributed by atoms with van der Waals surface area (Å²) in [5.41, 5.74) is 1.95. The van der Waals surface area contributed by atoms with Gasteiger partial charge in [-0.15, -0.1) is 11.3 Å². The maximum absolute atomic E-state index is 12.9. The highest BCUT2D eigenvalue weighted by molar-refractivity contribution is 7.18. The van der Waals surface area contributed by atoms with Crippen LogP contribution in [0.15, 0.2) is 30.6 Å². The van der Waals surface area contributed by atoms with Crippen molar-refractivity contribution >= 4 is 39.5 Å². The molecule has 2 aliphatic rings. The summed E-state index contributed by atoms with van der Waals surface area (Å²) in [5.74, 6) is 1.24. The molecule has 2 saturated heterocycles. The molecule has 4 heterocycles. The van der Waals surface area contributed by atoms with E-state index >= 15 is 0 Å².